The summed E-state index contributed by atoms with van der Waals surface area (Å²) in [5.74, 6) is 0.449. The van der Waals surface area contributed by atoms with Crippen LogP contribution in [0.5, 0.6) is 11.5 Å². The molecule has 3 nitrogen and oxygen atoms in total. The molecule has 2 aromatic rings. The molecular formula is C18H18O3. The van der Waals surface area contributed by atoms with Crippen LogP contribution < -0.4 is 4.74 Å². The molecule has 0 spiro atoms. The molecule has 0 radical (unpaired) electrons. The summed E-state index contributed by atoms with van der Waals surface area (Å²) in [5.41, 5.74) is 4.03. The van der Waals surface area contributed by atoms with Gasteiger partial charge in [-0.15, -0.1) is 0 Å². The standard InChI is InChI=1S/C18H18O3/c1-12-7-9-17(15(11-12)8-10-18(19)20)21-16-6-4-5-13(2)14(16)3/h4-11H,1-3H3,(H,19,20)/b10-8+. The third kappa shape index (κ3) is 3.72. The van der Waals surface area contributed by atoms with Crippen molar-refractivity contribution in [1.82, 2.24) is 0 Å². The fourth-order valence-electron chi connectivity index (χ4n) is 2.01. The Morgan fingerprint density at radius 2 is 1.86 bits per heavy atom. The Labute approximate surface area is 124 Å². The van der Waals surface area contributed by atoms with Crippen LogP contribution in [-0.2, 0) is 4.79 Å². The van der Waals surface area contributed by atoms with Gasteiger partial charge in [-0.1, -0.05) is 23.8 Å². The quantitative estimate of drug-likeness (QED) is 0.840. The minimum atomic E-state index is -0.978. The average Bonchev–Trinajstić information content (AvgIpc) is 2.43. The third-order valence-corrected chi connectivity index (χ3v) is 3.35. The molecule has 108 valence electrons. The van der Waals surface area contributed by atoms with E-state index < -0.39 is 5.97 Å². The molecule has 1 N–H and O–H groups in total. The smallest absolute Gasteiger partial charge is 0.328 e. The Morgan fingerprint density at radius 3 is 2.57 bits per heavy atom. The van der Waals surface area contributed by atoms with E-state index in [-0.39, 0.29) is 0 Å². The highest BCUT2D eigenvalue weighted by atomic mass is 16.5. The molecule has 0 atom stereocenters. The second kappa shape index (κ2) is 6.27. The zero-order chi connectivity index (χ0) is 15.4. The Kier molecular flexibility index (Phi) is 4.43. The van der Waals surface area contributed by atoms with Gasteiger partial charge in [-0.3, -0.25) is 0 Å². The van der Waals surface area contributed by atoms with Crippen molar-refractivity contribution >= 4 is 12.0 Å². The molecule has 0 bridgehead atoms. The number of hydrogen-bond donors (Lipinski definition) is 1. The van der Waals surface area contributed by atoms with Crippen molar-refractivity contribution in [2.24, 2.45) is 0 Å². The maximum absolute atomic E-state index is 10.7. The van der Waals surface area contributed by atoms with Crippen LogP contribution in [0, 0.1) is 20.8 Å². The van der Waals surface area contributed by atoms with Gasteiger partial charge in [0.25, 0.3) is 0 Å². The van der Waals surface area contributed by atoms with Crippen molar-refractivity contribution in [3.63, 3.8) is 0 Å². The van der Waals surface area contributed by atoms with Crippen LogP contribution >= 0.6 is 0 Å². The van der Waals surface area contributed by atoms with Gasteiger partial charge in [0.15, 0.2) is 0 Å². The number of hydrogen-bond acceptors (Lipinski definition) is 2. The number of ether oxygens (including phenoxy) is 1. The molecular weight excluding hydrogens is 264 g/mol. The van der Waals surface area contributed by atoms with Crippen LogP contribution in [0.4, 0.5) is 0 Å². The van der Waals surface area contributed by atoms with Gasteiger partial charge in [0.05, 0.1) is 0 Å². The number of benzene rings is 2. The first kappa shape index (κ1) is 14.9. The Hall–Kier alpha value is -2.55. The highest BCUT2D eigenvalue weighted by Gasteiger charge is 2.07. The van der Waals surface area contributed by atoms with Crippen molar-refractivity contribution in [2.75, 3.05) is 0 Å². The number of carbonyl (C=O) groups is 1. The molecule has 2 rings (SSSR count). The van der Waals surface area contributed by atoms with Crippen LogP contribution in [0.2, 0.25) is 0 Å². The zero-order valence-electron chi connectivity index (χ0n) is 12.4. The van der Waals surface area contributed by atoms with E-state index in [0.29, 0.717) is 5.75 Å². The van der Waals surface area contributed by atoms with Crippen LogP contribution in [0.25, 0.3) is 6.08 Å². The molecule has 21 heavy (non-hydrogen) atoms. The zero-order valence-corrected chi connectivity index (χ0v) is 12.4. The molecule has 0 saturated carbocycles. The van der Waals surface area contributed by atoms with Gasteiger partial charge in [0, 0.05) is 11.6 Å². The van der Waals surface area contributed by atoms with Gasteiger partial charge in [0.2, 0.25) is 0 Å². The van der Waals surface area contributed by atoms with Gasteiger partial charge in [0.1, 0.15) is 11.5 Å². The lowest BCUT2D eigenvalue weighted by Crippen LogP contribution is -1.93. The summed E-state index contributed by atoms with van der Waals surface area (Å²) in [6, 6.07) is 11.6. The Bertz CT molecular complexity index is 700. The maximum atomic E-state index is 10.7. The summed E-state index contributed by atoms with van der Waals surface area (Å²) < 4.78 is 5.96. The van der Waals surface area contributed by atoms with Gasteiger partial charge < -0.3 is 9.84 Å². The number of aryl methyl sites for hydroxylation is 2. The first-order chi connectivity index (χ1) is 9.97. The van der Waals surface area contributed by atoms with Crippen molar-refractivity contribution in [3.05, 3.63) is 64.7 Å². The van der Waals surface area contributed by atoms with Gasteiger partial charge >= 0.3 is 5.97 Å². The van der Waals surface area contributed by atoms with E-state index in [4.69, 9.17) is 9.84 Å². The van der Waals surface area contributed by atoms with Crippen molar-refractivity contribution in [1.29, 1.82) is 0 Å². The van der Waals surface area contributed by atoms with Crippen molar-refractivity contribution in [2.45, 2.75) is 20.8 Å². The lowest BCUT2D eigenvalue weighted by atomic mass is 10.1. The van der Waals surface area contributed by atoms with E-state index in [1.54, 1.807) is 6.08 Å². The van der Waals surface area contributed by atoms with Crippen molar-refractivity contribution in [3.8, 4) is 11.5 Å². The Morgan fingerprint density at radius 1 is 1.10 bits per heavy atom. The molecule has 2 aromatic carbocycles. The summed E-state index contributed by atoms with van der Waals surface area (Å²) in [4.78, 5) is 10.7. The average molecular weight is 282 g/mol. The molecule has 0 aliphatic rings. The van der Waals surface area contributed by atoms with E-state index in [1.807, 2.05) is 57.2 Å². The van der Waals surface area contributed by atoms with Crippen LogP contribution in [0.15, 0.2) is 42.5 Å². The second-order valence-electron chi connectivity index (χ2n) is 5.01. The normalized spacial score (nSPS) is 10.8. The summed E-state index contributed by atoms with van der Waals surface area (Å²) in [6.07, 6.45) is 2.67. The summed E-state index contributed by atoms with van der Waals surface area (Å²) in [6.45, 7) is 5.99. The number of carboxylic acid groups (broad SMARTS) is 1. The molecule has 0 amide bonds. The molecule has 0 aromatic heterocycles. The highest BCUT2D eigenvalue weighted by molar-refractivity contribution is 5.86. The predicted molar refractivity (Wildman–Crippen MR) is 83.8 cm³/mol. The van der Waals surface area contributed by atoms with Crippen LogP contribution in [-0.4, -0.2) is 11.1 Å². The molecule has 0 aliphatic heterocycles. The second-order valence-corrected chi connectivity index (χ2v) is 5.01. The van der Waals surface area contributed by atoms with Crippen LogP contribution in [0.1, 0.15) is 22.3 Å². The molecule has 0 unspecified atom stereocenters. The fraction of sp³-hybridized carbons (Fsp3) is 0.167. The number of rotatable bonds is 4. The van der Waals surface area contributed by atoms with Gasteiger partial charge in [-0.2, -0.15) is 0 Å². The Balaban J connectivity index is 2.39. The lowest BCUT2D eigenvalue weighted by Gasteiger charge is -2.13. The minimum Gasteiger partial charge on any atom is -0.478 e. The number of carboxylic acids is 1. The van der Waals surface area contributed by atoms with E-state index in [1.165, 1.54) is 0 Å². The van der Waals surface area contributed by atoms with E-state index >= 15 is 0 Å². The first-order valence-electron chi connectivity index (χ1n) is 6.73. The lowest BCUT2D eigenvalue weighted by molar-refractivity contribution is -0.131. The van der Waals surface area contributed by atoms with E-state index in [9.17, 15) is 4.79 Å². The first-order valence-corrected chi connectivity index (χ1v) is 6.73. The minimum absolute atomic E-state index is 0.645. The van der Waals surface area contributed by atoms with Crippen LogP contribution in [0.3, 0.4) is 0 Å². The molecule has 0 fully saturated rings. The molecule has 3 heteroatoms. The van der Waals surface area contributed by atoms with Gasteiger partial charge in [-0.05, 0) is 56.2 Å². The summed E-state index contributed by atoms with van der Waals surface area (Å²) in [7, 11) is 0. The highest BCUT2D eigenvalue weighted by Crippen LogP contribution is 2.30. The van der Waals surface area contributed by atoms with E-state index in [0.717, 1.165) is 34.1 Å². The SMILES string of the molecule is Cc1ccc(Oc2cccc(C)c2C)c(/C=C/C(=O)O)c1. The maximum Gasteiger partial charge on any atom is 0.328 e. The van der Waals surface area contributed by atoms with Crippen molar-refractivity contribution < 1.29 is 14.6 Å². The topological polar surface area (TPSA) is 46.5 Å². The summed E-state index contributed by atoms with van der Waals surface area (Å²) in [5, 5.41) is 8.78. The molecule has 0 aliphatic carbocycles. The summed E-state index contributed by atoms with van der Waals surface area (Å²) >= 11 is 0. The third-order valence-electron chi connectivity index (χ3n) is 3.35. The monoisotopic (exact) mass is 282 g/mol. The molecule has 0 heterocycles. The predicted octanol–water partition coefficient (Wildman–Crippen LogP) is 4.50. The largest absolute Gasteiger partial charge is 0.478 e. The van der Waals surface area contributed by atoms with E-state index in [2.05, 4.69) is 0 Å². The van der Waals surface area contributed by atoms with Gasteiger partial charge in [-0.25, -0.2) is 4.79 Å². The fourth-order valence-corrected chi connectivity index (χ4v) is 2.01. The number of aliphatic carboxylic acids is 1. The molecule has 0 saturated heterocycles.